The van der Waals surface area contributed by atoms with Crippen molar-refractivity contribution in [1.82, 2.24) is 5.01 Å². The second-order valence-electron chi connectivity index (χ2n) is 9.19. The van der Waals surface area contributed by atoms with Crippen molar-refractivity contribution >= 4 is 34.8 Å². The summed E-state index contributed by atoms with van der Waals surface area (Å²) in [6, 6.07) is 4.27. The molecule has 5 nitrogen and oxygen atoms in total. The lowest BCUT2D eigenvalue weighted by atomic mass is 9.66. The summed E-state index contributed by atoms with van der Waals surface area (Å²) in [4.78, 5) is 13.0. The lowest BCUT2D eigenvalue weighted by molar-refractivity contribution is -0.319. The van der Waals surface area contributed by atoms with E-state index in [1.165, 1.54) is 25.1 Å². The van der Waals surface area contributed by atoms with E-state index in [2.05, 4.69) is 5.10 Å². The molecule has 0 bridgehead atoms. The first-order valence-corrected chi connectivity index (χ1v) is 10.7. The highest BCUT2D eigenvalue weighted by Gasteiger charge is 2.69. The molecule has 1 N–H and O–H groups in total. The van der Waals surface area contributed by atoms with Crippen molar-refractivity contribution in [2.75, 3.05) is 0 Å². The van der Waals surface area contributed by atoms with Crippen LogP contribution in [0.3, 0.4) is 0 Å². The summed E-state index contributed by atoms with van der Waals surface area (Å²) < 4.78 is 47.9. The predicted octanol–water partition coefficient (Wildman–Crippen LogP) is 5.67. The van der Waals surface area contributed by atoms with Crippen LogP contribution in [0.25, 0.3) is 0 Å². The second-order valence-corrected chi connectivity index (χ2v) is 10.0. The van der Waals surface area contributed by atoms with Crippen LogP contribution in [0, 0.1) is 17.3 Å². The summed E-state index contributed by atoms with van der Waals surface area (Å²) in [7, 11) is 0. The number of rotatable bonds is 3. The van der Waals surface area contributed by atoms with E-state index in [9.17, 15) is 23.1 Å². The summed E-state index contributed by atoms with van der Waals surface area (Å²) in [5.74, 6) is -2.40. The minimum absolute atomic E-state index is 0.0538. The Labute approximate surface area is 189 Å². The summed E-state index contributed by atoms with van der Waals surface area (Å²) in [5, 5.41) is 15.5. The van der Waals surface area contributed by atoms with Crippen molar-refractivity contribution in [1.29, 1.82) is 0 Å². The van der Waals surface area contributed by atoms with Crippen LogP contribution >= 0.6 is 23.2 Å². The molecule has 31 heavy (non-hydrogen) atoms. The molecule has 1 aromatic rings. The van der Waals surface area contributed by atoms with Gasteiger partial charge in [-0.25, -0.2) is 0 Å². The molecule has 1 saturated carbocycles. The van der Waals surface area contributed by atoms with Gasteiger partial charge in [-0.05, 0) is 55.7 Å². The van der Waals surface area contributed by atoms with Gasteiger partial charge in [-0.15, -0.1) is 0 Å². The summed E-state index contributed by atoms with van der Waals surface area (Å²) in [5.41, 5.74) is -3.48. The van der Waals surface area contributed by atoms with Gasteiger partial charge in [-0.3, -0.25) is 4.79 Å². The average Bonchev–Trinajstić information content (AvgIpc) is 2.96. The number of carbonyl (C=O) groups is 1. The third-order valence-electron chi connectivity index (χ3n) is 6.10. The molecule has 0 aromatic heterocycles. The zero-order chi connectivity index (χ0) is 23.4. The number of ether oxygens (including phenoxy) is 1. The molecule has 0 spiro atoms. The number of halogens is 5. The fourth-order valence-electron chi connectivity index (χ4n) is 4.21. The molecule has 10 heteroatoms. The van der Waals surface area contributed by atoms with Gasteiger partial charge in [0.1, 0.15) is 5.75 Å². The Morgan fingerprint density at radius 2 is 1.97 bits per heavy atom. The monoisotopic (exact) mass is 480 g/mol. The molecule has 0 unspecified atom stereocenters. The molecule has 1 fully saturated rings. The molecule has 172 valence electrons. The first-order valence-electron chi connectivity index (χ1n) is 9.98. The molecule has 1 aliphatic carbocycles. The van der Waals surface area contributed by atoms with Gasteiger partial charge < -0.3 is 9.84 Å². The van der Waals surface area contributed by atoms with Crippen molar-refractivity contribution < 1.29 is 27.8 Å². The van der Waals surface area contributed by atoms with Gasteiger partial charge >= 0.3 is 6.18 Å². The lowest BCUT2D eigenvalue weighted by Gasteiger charge is -2.43. The molecule has 3 rings (SSSR count). The Kier molecular flexibility index (Phi) is 6.32. The van der Waals surface area contributed by atoms with Crippen molar-refractivity contribution in [2.45, 2.75) is 65.0 Å². The normalized spacial score (nSPS) is 27.5. The molecule has 0 saturated heterocycles. The summed E-state index contributed by atoms with van der Waals surface area (Å²) in [6.07, 6.45) is -5.47. The smallest absolute Gasteiger partial charge is 0.439 e. The maximum atomic E-state index is 14.2. The number of hydrazone groups is 1. The lowest BCUT2D eigenvalue weighted by Crippen LogP contribution is -2.63. The highest BCUT2D eigenvalue weighted by Crippen LogP contribution is 2.52. The topological polar surface area (TPSA) is 62.1 Å². The van der Waals surface area contributed by atoms with Gasteiger partial charge in [0, 0.05) is 10.7 Å². The third kappa shape index (κ3) is 4.39. The zero-order valence-electron chi connectivity index (χ0n) is 17.6. The number of amides is 1. The minimum Gasteiger partial charge on any atom is -0.479 e. The van der Waals surface area contributed by atoms with Crippen LogP contribution in [0.1, 0.15) is 47.0 Å². The third-order valence-corrected chi connectivity index (χ3v) is 6.64. The van der Waals surface area contributed by atoms with Gasteiger partial charge in [0.05, 0.1) is 10.9 Å². The van der Waals surface area contributed by atoms with Crippen LogP contribution in [0.15, 0.2) is 23.3 Å². The molecule has 4 atom stereocenters. The van der Waals surface area contributed by atoms with Gasteiger partial charge in [0.25, 0.3) is 11.6 Å². The Hall–Kier alpha value is -1.51. The first kappa shape index (κ1) is 24.1. The van der Waals surface area contributed by atoms with Crippen LogP contribution in [0.2, 0.25) is 10.0 Å². The second kappa shape index (κ2) is 8.12. The van der Waals surface area contributed by atoms with E-state index < -0.39 is 29.8 Å². The van der Waals surface area contributed by atoms with E-state index in [0.717, 1.165) is 0 Å². The van der Waals surface area contributed by atoms with Crippen LogP contribution in [0.4, 0.5) is 13.2 Å². The maximum Gasteiger partial charge on any atom is 0.439 e. The van der Waals surface area contributed by atoms with E-state index in [1.54, 1.807) is 0 Å². The summed E-state index contributed by atoms with van der Waals surface area (Å²) >= 11 is 11.9. The quantitative estimate of drug-likeness (QED) is 0.605. The highest BCUT2D eigenvalue weighted by molar-refractivity contribution is 6.35. The van der Waals surface area contributed by atoms with E-state index in [1.807, 2.05) is 20.8 Å². The van der Waals surface area contributed by atoms with Crippen LogP contribution in [-0.4, -0.2) is 39.7 Å². The summed E-state index contributed by atoms with van der Waals surface area (Å²) in [6.45, 7) is 7.15. The fraction of sp³-hybridized carbons (Fsp3) is 0.619. The van der Waals surface area contributed by atoms with E-state index in [4.69, 9.17) is 27.9 Å². The van der Waals surface area contributed by atoms with Crippen molar-refractivity contribution in [3.8, 4) is 5.75 Å². The Bertz CT molecular complexity index is 901. The Morgan fingerprint density at radius 3 is 2.52 bits per heavy atom. The van der Waals surface area contributed by atoms with Crippen LogP contribution < -0.4 is 4.74 Å². The number of fused-ring (bicyclic) bond motifs is 1. The number of carbonyl (C=O) groups excluding carboxylic acids is 1. The highest BCUT2D eigenvalue weighted by atomic mass is 35.5. The molecule has 1 aliphatic heterocycles. The van der Waals surface area contributed by atoms with Crippen LogP contribution in [-0.2, 0) is 4.79 Å². The molecular formula is C21H25Cl2F3N2O3. The van der Waals surface area contributed by atoms with Gasteiger partial charge in [0.15, 0.2) is 6.10 Å². The predicted molar refractivity (Wildman–Crippen MR) is 112 cm³/mol. The number of hydrogen-bond acceptors (Lipinski definition) is 4. The molecule has 2 aliphatic rings. The van der Waals surface area contributed by atoms with Crippen molar-refractivity contribution in [2.24, 2.45) is 22.4 Å². The largest absolute Gasteiger partial charge is 0.479 e. The van der Waals surface area contributed by atoms with Crippen molar-refractivity contribution in [3.63, 3.8) is 0 Å². The van der Waals surface area contributed by atoms with Crippen LogP contribution in [0.5, 0.6) is 5.75 Å². The van der Waals surface area contributed by atoms with Crippen molar-refractivity contribution in [3.05, 3.63) is 28.2 Å². The van der Waals surface area contributed by atoms with E-state index in [-0.39, 0.29) is 45.7 Å². The molecule has 1 aromatic carbocycles. The first-order chi connectivity index (χ1) is 14.2. The molecule has 1 heterocycles. The maximum absolute atomic E-state index is 14.2. The van der Waals surface area contributed by atoms with E-state index in [0.29, 0.717) is 11.4 Å². The number of hydrogen-bond donors (Lipinski definition) is 1. The number of nitrogens with zero attached hydrogens (tertiary/aromatic N) is 2. The Morgan fingerprint density at radius 1 is 1.32 bits per heavy atom. The van der Waals surface area contributed by atoms with Gasteiger partial charge in [-0.2, -0.15) is 23.3 Å². The molecule has 1 amide bonds. The molecular weight excluding hydrogens is 456 g/mol. The van der Waals surface area contributed by atoms with E-state index >= 15 is 0 Å². The SMILES string of the molecule is C[C@H](Oc1ccc(Cl)cc1Cl)C(=O)N1N=C2CC[C@H](C(C)(C)C)C[C@H]2[C@]1(O)C(F)(F)F. The average molecular weight is 481 g/mol. The molecule has 0 radical (unpaired) electrons. The Balaban J connectivity index is 1.90. The number of benzene rings is 1. The number of alkyl halides is 3. The zero-order valence-corrected chi connectivity index (χ0v) is 19.1. The minimum atomic E-state index is -5.10. The number of aliphatic hydroxyl groups is 1. The standard InChI is InChI=1S/C21H25Cl2F3N2O3/c1-11(31-17-8-6-13(22)10-15(17)23)18(29)28-20(30,21(24,25)26)14-9-12(19(2,3)4)5-7-16(14)27-28/h6,8,10-12,14,30H,5,7,9H2,1-4H3/t11-,12-,14+,20-/m0/s1. The van der Waals surface area contributed by atoms with Gasteiger partial charge in [0.2, 0.25) is 0 Å². The van der Waals surface area contributed by atoms with Gasteiger partial charge in [-0.1, -0.05) is 44.0 Å². The fourth-order valence-corrected chi connectivity index (χ4v) is 4.66.